The van der Waals surface area contributed by atoms with E-state index in [-0.39, 0.29) is 11.8 Å². The van der Waals surface area contributed by atoms with Gasteiger partial charge in [-0.3, -0.25) is 4.79 Å². The Hall–Kier alpha value is -1.81. The smallest absolute Gasteiger partial charge is 0.228 e. The summed E-state index contributed by atoms with van der Waals surface area (Å²) >= 11 is 0. The average molecular weight is 231 g/mol. The van der Waals surface area contributed by atoms with Crippen LogP contribution in [-0.4, -0.2) is 17.4 Å². The van der Waals surface area contributed by atoms with Gasteiger partial charge in [0.15, 0.2) is 0 Å². The highest BCUT2D eigenvalue weighted by molar-refractivity contribution is 6.02. The number of hydrogen-bond acceptors (Lipinski definition) is 2. The molecule has 1 unspecified atom stereocenters. The van der Waals surface area contributed by atoms with Crippen LogP contribution in [0.2, 0.25) is 0 Å². The fraction of sp³-hybridized carbons (Fsp3) is 0.308. The molecule has 0 fully saturated rings. The van der Waals surface area contributed by atoms with Crippen molar-refractivity contribution in [3.63, 3.8) is 0 Å². The third kappa shape index (κ3) is 2.31. The number of aromatic nitrogens is 1. The summed E-state index contributed by atoms with van der Waals surface area (Å²) in [6.45, 7) is 2.34. The maximum Gasteiger partial charge on any atom is 0.228 e. The molecule has 0 aliphatic rings. The largest absolute Gasteiger partial charge is 0.359 e. The van der Waals surface area contributed by atoms with Crippen LogP contribution in [0.1, 0.15) is 13.3 Å². The summed E-state index contributed by atoms with van der Waals surface area (Å²) < 4.78 is 0. The molecule has 0 saturated carbocycles. The van der Waals surface area contributed by atoms with Crippen LogP contribution in [0.4, 0.5) is 5.69 Å². The second-order valence-electron chi connectivity index (χ2n) is 4.08. The van der Waals surface area contributed by atoms with Gasteiger partial charge >= 0.3 is 0 Å². The first-order valence-corrected chi connectivity index (χ1v) is 5.83. The number of fused-ring (bicyclic) bond motifs is 1. The third-order valence-electron chi connectivity index (χ3n) is 3.00. The SMILES string of the molecule is CCC(CN)C(=O)Nc1c[nH]c2ccccc12. The number of para-hydroxylation sites is 1. The highest BCUT2D eigenvalue weighted by atomic mass is 16.1. The summed E-state index contributed by atoms with van der Waals surface area (Å²) in [7, 11) is 0. The second kappa shape index (κ2) is 5.01. The van der Waals surface area contributed by atoms with Gasteiger partial charge in [-0.1, -0.05) is 25.1 Å². The molecule has 2 rings (SSSR count). The molecule has 0 spiro atoms. The lowest BCUT2D eigenvalue weighted by atomic mass is 10.1. The molecule has 0 bridgehead atoms. The maximum atomic E-state index is 11.9. The molecule has 4 heteroatoms. The van der Waals surface area contributed by atoms with Crippen molar-refractivity contribution >= 4 is 22.5 Å². The minimum Gasteiger partial charge on any atom is -0.359 e. The van der Waals surface area contributed by atoms with E-state index in [0.29, 0.717) is 6.54 Å². The Bertz CT molecular complexity index is 514. The number of benzene rings is 1. The van der Waals surface area contributed by atoms with Crippen molar-refractivity contribution in [2.45, 2.75) is 13.3 Å². The molecule has 1 atom stereocenters. The first-order chi connectivity index (χ1) is 8.26. The van der Waals surface area contributed by atoms with Gasteiger partial charge in [-0.05, 0) is 12.5 Å². The first kappa shape index (κ1) is 11.7. The molecule has 1 heterocycles. The molecule has 4 nitrogen and oxygen atoms in total. The van der Waals surface area contributed by atoms with Crippen molar-refractivity contribution in [2.24, 2.45) is 11.7 Å². The van der Waals surface area contributed by atoms with Crippen LogP contribution in [0.3, 0.4) is 0 Å². The Kier molecular flexibility index (Phi) is 3.44. The Balaban J connectivity index is 2.21. The Morgan fingerprint density at radius 1 is 1.47 bits per heavy atom. The Morgan fingerprint density at radius 3 is 2.94 bits per heavy atom. The maximum absolute atomic E-state index is 11.9. The molecule has 1 aromatic carbocycles. The summed E-state index contributed by atoms with van der Waals surface area (Å²) in [6.07, 6.45) is 2.57. The van der Waals surface area contributed by atoms with Crippen LogP contribution in [0.5, 0.6) is 0 Å². The van der Waals surface area contributed by atoms with Gasteiger partial charge in [-0.25, -0.2) is 0 Å². The van der Waals surface area contributed by atoms with Crippen molar-refractivity contribution in [2.75, 3.05) is 11.9 Å². The van der Waals surface area contributed by atoms with E-state index in [1.807, 2.05) is 37.4 Å². The minimum absolute atomic E-state index is 0.0141. The molecular weight excluding hydrogens is 214 g/mol. The zero-order valence-electron chi connectivity index (χ0n) is 9.86. The van der Waals surface area contributed by atoms with E-state index in [1.165, 1.54) is 0 Å². The van der Waals surface area contributed by atoms with E-state index >= 15 is 0 Å². The van der Waals surface area contributed by atoms with E-state index < -0.39 is 0 Å². The van der Waals surface area contributed by atoms with Crippen molar-refractivity contribution in [3.8, 4) is 0 Å². The number of hydrogen-bond donors (Lipinski definition) is 3. The summed E-state index contributed by atoms with van der Waals surface area (Å²) in [4.78, 5) is 15.0. The highest BCUT2D eigenvalue weighted by Gasteiger charge is 2.15. The quantitative estimate of drug-likeness (QED) is 0.754. The molecule has 0 aliphatic carbocycles. The van der Waals surface area contributed by atoms with Crippen molar-refractivity contribution < 1.29 is 4.79 Å². The Labute approximate surface area is 100 Å². The number of anilines is 1. The fourth-order valence-corrected chi connectivity index (χ4v) is 1.87. The van der Waals surface area contributed by atoms with Crippen LogP contribution in [0.15, 0.2) is 30.5 Å². The van der Waals surface area contributed by atoms with E-state index in [2.05, 4.69) is 10.3 Å². The van der Waals surface area contributed by atoms with Crippen LogP contribution >= 0.6 is 0 Å². The van der Waals surface area contributed by atoms with Gasteiger partial charge in [0.1, 0.15) is 0 Å². The highest BCUT2D eigenvalue weighted by Crippen LogP contribution is 2.23. The number of carbonyl (C=O) groups excluding carboxylic acids is 1. The topological polar surface area (TPSA) is 70.9 Å². The van der Waals surface area contributed by atoms with Gasteiger partial charge in [-0.2, -0.15) is 0 Å². The van der Waals surface area contributed by atoms with E-state index in [9.17, 15) is 4.79 Å². The molecule has 1 amide bonds. The van der Waals surface area contributed by atoms with Gasteiger partial charge in [0.05, 0.1) is 11.6 Å². The summed E-state index contributed by atoms with van der Waals surface area (Å²) in [5, 5.41) is 3.94. The number of H-pyrrole nitrogens is 1. The molecule has 0 radical (unpaired) electrons. The predicted octanol–water partition coefficient (Wildman–Crippen LogP) is 2.09. The van der Waals surface area contributed by atoms with Crippen molar-refractivity contribution in [1.82, 2.24) is 4.98 Å². The molecule has 0 saturated heterocycles. The van der Waals surface area contributed by atoms with Gasteiger partial charge in [-0.15, -0.1) is 0 Å². The molecular formula is C13H17N3O. The van der Waals surface area contributed by atoms with Crippen molar-refractivity contribution in [3.05, 3.63) is 30.5 Å². The third-order valence-corrected chi connectivity index (χ3v) is 3.00. The zero-order valence-corrected chi connectivity index (χ0v) is 9.86. The number of rotatable bonds is 4. The monoisotopic (exact) mass is 231 g/mol. The molecule has 90 valence electrons. The van der Waals surface area contributed by atoms with E-state index in [4.69, 9.17) is 5.73 Å². The molecule has 2 aromatic rings. The van der Waals surface area contributed by atoms with Crippen LogP contribution in [-0.2, 0) is 4.79 Å². The normalized spacial score (nSPS) is 12.6. The van der Waals surface area contributed by atoms with Crippen LogP contribution in [0.25, 0.3) is 10.9 Å². The number of nitrogens with two attached hydrogens (primary N) is 1. The van der Waals surface area contributed by atoms with E-state index in [1.54, 1.807) is 0 Å². The molecule has 17 heavy (non-hydrogen) atoms. The fourth-order valence-electron chi connectivity index (χ4n) is 1.87. The van der Waals surface area contributed by atoms with Gasteiger partial charge < -0.3 is 16.0 Å². The standard InChI is InChI=1S/C13H17N3O/c1-2-9(7-14)13(17)16-12-8-15-11-6-4-3-5-10(11)12/h3-6,8-9,15H,2,7,14H2,1H3,(H,16,17). The summed E-state index contributed by atoms with van der Waals surface area (Å²) in [5.74, 6) is -0.136. The van der Waals surface area contributed by atoms with E-state index in [0.717, 1.165) is 23.0 Å². The van der Waals surface area contributed by atoms with Crippen LogP contribution < -0.4 is 11.1 Å². The van der Waals surface area contributed by atoms with Crippen LogP contribution in [0, 0.1) is 5.92 Å². The van der Waals surface area contributed by atoms with Gasteiger partial charge in [0.2, 0.25) is 5.91 Å². The second-order valence-corrected chi connectivity index (χ2v) is 4.08. The minimum atomic E-state index is -0.122. The van der Waals surface area contributed by atoms with Gasteiger partial charge in [0, 0.05) is 23.6 Å². The molecule has 1 aromatic heterocycles. The lowest BCUT2D eigenvalue weighted by Gasteiger charge is -2.11. The number of amides is 1. The number of aromatic amines is 1. The Morgan fingerprint density at radius 2 is 2.24 bits per heavy atom. The summed E-state index contributed by atoms with van der Waals surface area (Å²) in [6, 6.07) is 7.86. The zero-order chi connectivity index (χ0) is 12.3. The summed E-state index contributed by atoms with van der Waals surface area (Å²) in [5.41, 5.74) is 7.39. The van der Waals surface area contributed by atoms with Gasteiger partial charge in [0.25, 0.3) is 0 Å². The number of carbonyl (C=O) groups is 1. The molecule has 0 aliphatic heterocycles. The first-order valence-electron chi connectivity index (χ1n) is 5.83. The average Bonchev–Trinajstić information content (AvgIpc) is 2.74. The lowest BCUT2D eigenvalue weighted by Crippen LogP contribution is -2.28. The lowest BCUT2D eigenvalue weighted by molar-refractivity contribution is -0.119. The number of nitrogens with one attached hydrogen (secondary N) is 2. The molecule has 4 N–H and O–H groups in total. The van der Waals surface area contributed by atoms with Crippen molar-refractivity contribution in [1.29, 1.82) is 0 Å². The predicted molar refractivity (Wildman–Crippen MR) is 69.8 cm³/mol.